The predicted octanol–water partition coefficient (Wildman–Crippen LogP) is -4.08. The van der Waals surface area contributed by atoms with Crippen LogP contribution in [0.3, 0.4) is 0 Å². The molecule has 0 aliphatic rings. The number of hydrogen-bond acceptors (Lipinski definition) is 7. The van der Waals surface area contributed by atoms with Crippen molar-refractivity contribution in [3.8, 4) is 0 Å². The monoisotopic (exact) mass is 222 g/mol. The third-order valence-electron chi connectivity index (χ3n) is 0.765. The molecule has 3 N–H and O–H groups in total. The molecular formula is C4H5BLi2O9. The van der Waals surface area contributed by atoms with Crippen molar-refractivity contribution in [3.63, 3.8) is 0 Å². The van der Waals surface area contributed by atoms with Crippen LogP contribution in [0.5, 0.6) is 0 Å². The fourth-order valence-corrected chi connectivity index (χ4v) is 0.308. The number of hydrogen-bond donors (Lipinski definition) is 3. The molecule has 0 aromatic rings. The van der Waals surface area contributed by atoms with E-state index in [-0.39, 0.29) is 37.7 Å². The van der Waals surface area contributed by atoms with Gasteiger partial charge in [0.1, 0.15) is 0 Å². The predicted molar refractivity (Wildman–Crippen MR) is 49.7 cm³/mol. The van der Waals surface area contributed by atoms with Crippen molar-refractivity contribution in [3.05, 3.63) is 0 Å². The summed E-state index contributed by atoms with van der Waals surface area (Å²) in [5.41, 5.74) is 0. The Morgan fingerprint density at radius 3 is 1.25 bits per heavy atom. The van der Waals surface area contributed by atoms with Gasteiger partial charge in [0, 0.05) is 0 Å². The van der Waals surface area contributed by atoms with Gasteiger partial charge >= 0.3 is 68.9 Å². The van der Waals surface area contributed by atoms with E-state index < -0.39 is 31.2 Å². The Hall–Kier alpha value is -0.900. The summed E-state index contributed by atoms with van der Waals surface area (Å²) in [6, 6.07) is 0. The van der Waals surface area contributed by atoms with E-state index in [0.717, 1.165) is 0 Å². The molecule has 0 aliphatic carbocycles. The van der Waals surface area contributed by atoms with Crippen LogP contribution in [0.2, 0.25) is 0 Å². The molecule has 0 bridgehead atoms. The van der Waals surface area contributed by atoms with Crippen molar-refractivity contribution in [2.75, 3.05) is 0 Å². The molecule has 0 amide bonds. The average Bonchev–Trinajstić information content (AvgIpc) is 2.03. The molecule has 16 heavy (non-hydrogen) atoms. The van der Waals surface area contributed by atoms with Crippen LogP contribution in [-0.2, 0) is 28.5 Å². The minimum absolute atomic E-state index is 0. The first kappa shape index (κ1) is 20.5. The van der Waals surface area contributed by atoms with E-state index in [1.807, 2.05) is 0 Å². The van der Waals surface area contributed by atoms with Crippen LogP contribution in [0.25, 0.3) is 0 Å². The molecule has 0 rings (SSSR count). The van der Waals surface area contributed by atoms with E-state index in [2.05, 4.69) is 9.31 Å². The quantitative estimate of drug-likeness (QED) is 0.313. The third-order valence-corrected chi connectivity index (χ3v) is 0.765. The van der Waals surface area contributed by atoms with E-state index in [0.29, 0.717) is 0 Å². The van der Waals surface area contributed by atoms with E-state index in [1.165, 1.54) is 0 Å². The van der Waals surface area contributed by atoms with Gasteiger partial charge in [-0.1, -0.05) is 0 Å². The van der Waals surface area contributed by atoms with Gasteiger partial charge in [0.25, 0.3) is 0 Å². The van der Waals surface area contributed by atoms with Crippen LogP contribution in [0, 0.1) is 0 Å². The van der Waals surface area contributed by atoms with Gasteiger partial charge in [-0.3, -0.25) is 0 Å². The molecule has 80 valence electrons. The van der Waals surface area contributed by atoms with Gasteiger partial charge in [-0.15, -0.1) is 0 Å². The Labute approximate surface area is 113 Å². The number of rotatable bonds is 2. The van der Waals surface area contributed by atoms with Crippen molar-refractivity contribution < 1.29 is 43.7 Å². The summed E-state index contributed by atoms with van der Waals surface area (Å²) in [6.45, 7) is 0. The SMILES string of the molecule is O=C(O)C(=O)OB(O)OC(=O)C(=O)O.[LiH].[LiH]. The van der Waals surface area contributed by atoms with E-state index >= 15 is 0 Å². The zero-order valence-corrected chi connectivity index (χ0v) is 6.37. The van der Waals surface area contributed by atoms with Crippen LogP contribution < -0.4 is 0 Å². The molecule has 0 radical (unpaired) electrons. The van der Waals surface area contributed by atoms with Crippen molar-refractivity contribution in [2.24, 2.45) is 0 Å². The van der Waals surface area contributed by atoms with Crippen LogP contribution >= 0.6 is 0 Å². The second-order valence-electron chi connectivity index (χ2n) is 1.73. The molecule has 0 spiro atoms. The Balaban J connectivity index is -0.000000845. The van der Waals surface area contributed by atoms with Crippen LogP contribution in [0.4, 0.5) is 0 Å². The standard InChI is InChI=1S/C4H3BO9.2Li.2H/c6-1(7)3(10)13-5(12)14-4(11)2(8)9;;;;/h12H,(H,6,7)(H,8,9);;;;. The molecule has 0 saturated carbocycles. The first-order valence-electron chi connectivity index (χ1n) is 2.90. The van der Waals surface area contributed by atoms with Gasteiger partial charge in [0.05, 0.1) is 0 Å². The molecule has 0 aromatic carbocycles. The molecule has 0 fully saturated rings. The summed E-state index contributed by atoms with van der Waals surface area (Å²) in [5, 5.41) is 24.3. The summed E-state index contributed by atoms with van der Waals surface area (Å²) in [4.78, 5) is 40.0. The molecule has 0 atom stereocenters. The maximum atomic E-state index is 10.2. The normalized spacial score (nSPS) is 7.56. The van der Waals surface area contributed by atoms with Gasteiger partial charge in [-0.05, 0) is 0 Å². The van der Waals surface area contributed by atoms with Crippen molar-refractivity contribution in [2.45, 2.75) is 0 Å². The average molecular weight is 222 g/mol. The molecule has 0 saturated heterocycles. The zero-order chi connectivity index (χ0) is 11.3. The summed E-state index contributed by atoms with van der Waals surface area (Å²) < 4.78 is 7.09. The number of carbonyl (C=O) groups excluding carboxylic acids is 2. The maximum absolute atomic E-state index is 10.2. The summed E-state index contributed by atoms with van der Waals surface area (Å²) >= 11 is 0. The molecular weight excluding hydrogens is 217 g/mol. The molecule has 0 aromatic heterocycles. The van der Waals surface area contributed by atoms with Gasteiger partial charge in [0.2, 0.25) is 0 Å². The van der Waals surface area contributed by atoms with Crippen molar-refractivity contribution in [1.29, 1.82) is 0 Å². The summed E-state index contributed by atoms with van der Waals surface area (Å²) in [5.74, 6) is -7.85. The first-order chi connectivity index (χ1) is 6.34. The molecule has 12 heteroatoms. The Bertz CT molecular complexity index is 263. The van der Waals surface area contributed by atoms with Crippen molar-refractivity contribution >= 4 is 68.9 Å². The van der Waals surface area contributed by atoms with Gasteiger partial charge in [-0.25, -0.2) is 19.2 Å². The van der Waals surface area contributed by atoms with E-state index in [1.54, 1.807) is 0 Å². The topological polar surface area (TPSA) is 147 Å². The number of carbonyl (C=O) groups is 4. The molecule has 9 nitrogen and oxygen atoms in total. The van der Waals surface area contributed by atoms with Gasteiger partial charge in [0.15, 0.2) is 0 Å². The van der Waals surface area contributed by atoms with Gasteiger partial charge < -0.3 is 24.5 Å². The van der Waals surface area contributed by atoms with Crippen LogP contribution in [0.15, 0.2) is 0 Å². The summed E-state index contributed by atoms with van der Waals surface area (Å²) in [6.07, 6.45) is 0. The number of carboxylic acids is 2. The fraction of sp³-hybridized carbons (Fsp3) is 0. The van der Waals surface area contributed by atoms with E-state index in [4.69, 9.17) is 15.2 Å². The summed E-state index contributed by atoms with van der Waals surface area (Å²) in [7, 11) is -2.57. The van der Waals surface area contributed by atoms with Crippen LogP contribution in [-0.4, -0.2) is 84.2 Å². The second-order valence-corrected chi connectivity index (χ2v) is 1.73. The minimum atomic E-state index is -2.57. The molecule has 0 unspecified atom stereocenters. The molecule has 0 heterocycles. The zero-order valence-electron chi connectivity index (χ0n) is 6.37. The van der Waals surface area contributed by atoms with Crippen LogP contribution in [0.1, 0.15) is 0 Å². The van der Waals surface area contributed by atoms with Gasteiger partial charge in [-0.2, -0.15) is 0 Å². The first-order valence-corrected chi connectivity index (χ1v) is 2.90. The third kappa shape index (κ3) is 8.41. The Morgan fingerprint density at radius 2 is 1.06 bits per heavy atom. The second kappa shape index (κ2) is 9.33. The fourth-order valence-electron chi connectivity index (χ4n) is 0.308. The van der Waals surface area contributed by atoms with Crippen molar-refractivity contribution in [1.82, 2.24) is 0 Å². The Kier molecular flexibility index (Phi) is 12.0. The number of carboxylic acid groups (broad SMARTS) is 2. The Morgan fingerprint density at radius 1 is 0.812 bits per heavy atom. The van der Waals surface area contributed by atoms with E-state index in [9.17, 15) is 19.2 Å². The molecule has 0 aliphatic heterocycles. The number of aliphatic carboxylic acids is 2.